The minimum Gasteiger partial charge on any atom is -0.381 e. The molecule has 4 nitrogen and oxygen atoms in total. The number of aryl methyl sites for hydroxylation is 2. The molecule has 3 aromatic carbocycles. The Morgan fingerprint density at radius 1 is 0.852 bits per heavy atom. The molecule has 0 spiro atoms. The Morgan fingerprint density at radius 3 is 2.19 bits per heavy atom. The molecule has 0 aliphatic carbocycles. The van der Waals surface area contributed by atoms with Crippen molar-refractivity contribution in [1.29, 1.82) is 0 Å². The Morgan fingerprint density at radius 2 is 1.52 bits per heavy atom. The standard InChI is InChI=1S/C22H23NO3S/c1-16-7-13-21(14-8-16)27(24,25)26-20-11-9-19(10-12-20)15-23-22-6-4-5-17(2)18(22)3/h4-14,23H,15H2,1-3H3. The van der Waals surface area contributed by atoms with Gasteiger partial charge in [0, 0.05) is 12.2 Å². The summed E-state index contributed by atoms with van der Waals surface area (Å²) in [7, 11) is -3.82. The molecule has 0 aliphatic heterocycles. The average molecular weight is 381 g/mol. The quantitative estimate of drug-likeness (QED) is 0.611. The number of benzene rings is 3. The highest BCUT2D eigenvalue weighted by atomic mass is 32.2. The van der Waals surface area contributed by atoms with Crippen LogP contribution in [-0.2, 0) is 16.7 Å². The lowest BCUT2D eigenvalue weighted by Crippen LogP contribution is -2.09. The maximum atomic E-state index is 12.3. The first-order valence-electron chi connectivity index (χ1n) is 8.75. The van der Waals surface area contributed by atoms with Gasteiger partial charge in [0.2, 0.25) is 0 Å². The van der Waals surface area contributed by atoms with E-state index in [0.29, 0.717) is 12.3 Å². The monoisotopic (exact) mass is 381 g/mol. The summed E-state index contributed by atoms with van der Waals surface area (Å²) in [5.74, 6) is 0.297. The third-order valence-electron chi connectivity index (χ3n) is 4.53. The summed E-state index contributed by atoms with van der Waals surface area (Å²) < 4.78 is 29.9. The minimum atomic E-state index is -3.82. The Bertz CT molecular complexity index is 1020. The predicted molar refractivity (Wildman–Crippen MR) is 109 cm³/mol. The third kappa shape index (κ3) is 4.68. The minimum absolute atomic E-state index is 0.147. The maximum Gasteiger partial charge on any atom is 0.339 e. The lowest BCUT2D eigenvalue weighted by Gasteiger charge is -2.12. The Hall–Kier alpha value is -2.79. The summed E-state index contributed by atoms with van der Waals surface area (Å²) in [6.07, 6.45) is 0. The first kappa shape index (κ1) is 19.0. The van der Waals surface area contributed by atoms with Gasteiger partial charge in [-0.1, -0.05) is 42.0 Å². The molecule has 0 amide bonds. The van der Waals surface area contributed by atoms with Crippen molar-refractivity contribution in [1.82, 2.24) is 0 Å². The van der Waals surface area contributed by atoms with Gasteiger partial charge >= 0.3 is 10.1 Å². The SMILES string of the molecule is Cc1ccc(S(=O)(=O)Oc2ccc(CNc3cccc(C)c3C)cc2)cc1. The van der Waals surface area contributed by atoms with Crippen molar-refractivity contribution >= 4 is 15.8 Å². The van der Waals surface area contributed by atoms with Crippen LogP contribution in [0.25, 0.3) is 0 Å². The van der Waals surface area contributed by atoms with Crippen LogP contribution in [0.15, 0.2) is 71.6 Å². The largest absolute Gasteiger partial charge is 0.381 e. The molecule has 0 aliphatic rings. The molecule has 0 unspecified atom stereocenters. The van der Waals surface area contributed by atoms with E-state index in [-0.39, 0.29) is 4.90 Å². The van der Waals surface area contributed by atoms with Crippen LogP contribution in [0.1, 0.15) is 22.3 Å². The highest BCUT2D eigenvalue weighted by Gasteiger charge is 2.16. The molecule has 27 heavy (non-hydrogen) atoms. The van der Waals surface area contributed by atoms with Gasteiger partial charge in [0.05, 0.1) is 0 Å². The van der Waals surface area contributed by atoms with E-state index in [0.717, 1.165) is 16.8 Å². The van der Waals surface area contributed by atoms with Crippen LogP contribution in [0, 0.1) is 20.8 Å². The first-order chi connectivity index (χ1) is 12.8. The second kappa shape index (κ2) is 7.84. The van der Waals surface area contributed by atoms with Gasteiger partial charge in [-0.25, -0.2) is 0 Å². The Kier molecular flexibility index (Phi) is 5.51. The van der Waals surface area contributed by atoms with Gasteiger partial charge in [-0.15, -0.1) is 0 Å². The molecular formula is C22H23NO3S. The van der Waals surface area contributed by atoms with E-state index in [4.69, 9.17) is 4.18 Å². The Balaban J connectivity index is 1.66. The fourth-order valence-corrected chi connectivity index (χ4v) is 3.61. The summed E-state index contributed by atoms with van der Waals surface area (Å²) in [4.78, 5) is 0.147. The summed E-state index contributed by atoms with van der Waals surface area (Å²) in [5.41, 5.74) is 5.59. The maximum absolute atomic E-state index is 12.3. The molecule has 0 aromatic heterocycles. The van der Waals surface area contributed by atoms with Gasteiger partial charge in [0.1, 0.15) is 10.6 Å². The van der Waals surface area contributed by atoms with Crippen LogP contribution in [0.4, 0.5) is 5.69 Å². The highest BCUT2D eigenvalue weighted by molar-refractivity contribution is 7.87. The van der Waals surface area contributed by atoms with Gasteiger partial charge in [0.25, 0.3) is 0 Å². The third-order valence-corrected chi connectivity index (χ3v) is 5.79. The molecule has 5 heteroatoms. The van der Waals surface area contributed by atoms with Gasteiger partial charge in [0.15, 0.2) is 0 Å². The van der Waals surface area contributed by atoms with Crippen LogP contribution in [0.5, 0.6) is 5.75 Å². The normalized spacial score (nSPS) is 11.2. The van der Waals surface area contributed by atoms with Crippen LogP contribution in [-0.4, -0.2) is 8.42 Å². The highest BCUT2D eigenvalue weighted by Crippen LogP contribution is 2.21. The molecule has 0 fully saturated rings. The summed E-state index contributed by atoms with van der Waals surface area (Å²) in [6.45, 7) is 6.73. The predicted octanol–water partition coefficient (Wildman–Crippen LogP) is 4.99. The molecule has 3 aromatic rings. The second-order valence-electron chi connectivity index (χ2n) is 6.60. The van der Waals surface area contributed by atoms with Gasteiger partial charge in [-0.3, -0.25) is 0 Å². The number of rotatable bonds is 6. The zero-order chi connectivity index (χ0) is 19.4. The van der Waals surface area contributed by atoms with Gasteiger partial charge < -0.3 is 9.50 Å². The Labute approximate surface area is 161 Å². The first-order valence-corrected chi connectivity index (χ1v) is 10.2. The van der Waals surface area contributed by atoms with Crippen LogP contribution >= 0.6 is 0 Å². The van der Waals surface area contributed by atoms with Crippen LogP contribution in [0.2, 0.25) is 0 Å². The van der Waals surface area contributed by atoms with E-state index in [1.165, 1.54) is 11.1 Å². The van der Waals surface area contributed by atoms with Crippen LogP contribution in [0.3, 0.4) is 0 Å². The topological polar surface area (TPSA) is 55.4 Å². The van der Waals surface area contributed by atoms with Crippen molar-refractivity contribution in [2.45, 2.75) is 32.2 Å². The molecule has 3 rings (SSSR count). The molecule has 0 radical (unpaired) electrons. The lowest BCUT2D eigenvalue weighted by atomic mass is 10.1. The molecular weight excluding hydrogens is 358 g/mol. The van der Waals surface area contributed by atoms with Crippen LogP contribution < -0.4 is 9.50 Å². The second-order valence-corrected chi connectivity index (χ2v) is 8.14. The van der Waals surface area contributed by atoms with E-state index < -0.39 is 10.1 Å². The van der Waals surface area contributed by atoms with E-state index in [2.05, 4.69) is 25.2 Å². The van der Waals surface area contributed by atoms with E-state index in [1.807, 2.05) is 31.2 Å². The number of anilines is 1. The molecule has 140 valence electrons. The summed E-state index contributed by atoms with van der Waals surface area (Å²) in [5, 5.41) is 3.41. The van der Waals surface area contributed by atoms with Crippen molar-refractivity contribution in [3.8, 4) is 5.75 Å². The average Bonchev–Trinajstić information content (AvgIpc) is 2.64. The van der Waals surface area contributed by atoms with Crippen molar-refractivity contribution in [2.24, 2.45) is 0 Å². The molecule has 0 bridgehead atoms. The smallest absolute Gasteiger partial charge is 0.339 e. The van der Waals surface area contributed by atoms with Crippen molar-refractivity contribution in [3.05, 3.63) is 89.0 Å². The zero-order valence-electron chi connectivity index (χ0n) is 15.7. The number of hydrogen-bond donors (Lipinski definition) is 1. The number of nitrogens with one attached hydrogen (secondary N) is 1. The van der Waals surface area contributed by atoms with Gasteiger partial charge in [-0.05, 0) is 67.8 Å². The fourth-order valence-electron chi connectivity index (χ4n) is 2.68. The fraction of sp³-hybridized carbons (Fsp3) is 0.182. The van der Waals surface area contributed by atoms with Crippen molar-refractivity contribution in [2.75, 3.05) is 5.32 Å². The van der Waals surface area contributed by atoms with Crippen molar-refractivity contribution < 1.29 is 12.6 Å². The lowest BCUT2D eigenvalue weighted by molar-refractivity contribution is 0.486. The molecule has 0 saturated heterocycles. The molecule has 0 heterocycles. The van der Waals surface area contributed by atoms with Crippen molar-refractivity contribution in [3.63, 3.8) is 0 Å². The van der Waals surface area contributed by atoms with E-state index in [9.17, 15) is 8.42 Å². The van der Waals surface area contributed by atoms with E-state index in [1.54, 1.807) is 36.4 Å². The molecule has 1 N–H and O–H groups in total. The van der Waals surface area contributed by atoms with E-state index >= 15 is 0 Å². The molecule has 0 atom stereocenters. The zero-order valence-corrected chi connectivity index (χ0v) is 16.5. The summed E-state index contributed by atoms with van der Waals surface area (Å²) >= 11 is 0. The van der Waals surface area contributed by atoms with Gasteiger partial charge in [-0.2, -0.15) is 8.42 Å². The summed E-state index contributed by atoms with van der Waals surface area (Å²) in [6, 6.07) is 19.8. The molecule has 0 saturated carbocycles. The number of hydrogen-bond acceptors (Lipinski definition) is 4.